The van der Waals surface area contributed by atoms with Gasteiger partial charge in [-0.1, -0.05) is 0 Å². The normalized spacial score (nSPS) is 11.5. The lowest BCUT2D eigenvalue weighted by molar-refractivity contribution is -0.145. The molecule has 0 aromatic rings. The van der Waals surface area contributed by atoms with Gasteiger partial charge in [0.1, 0.15) is 6.04 Å². The summed E-state index contributed by atoms with van der Waals surface area (Å²) in [5.74, 6) is -2.33. The third-order valence-electron chi connectivity index (χ3n) is 1.21. The van der Waals surface area contributed by atoms with Crippen molar-refractivity contribution in [1.29, 1.82) is 0 Å². The van der Waals surface area contributed by atoms with Crippen molar-refractivity contribution in [3.63, 3.8) is 0 Å². The molecule has 0 radical (unpaired) electrons. The predicted molar refractivity (Wildman–Crippen MR) is 46.7 cm³/mol. The molecule has 0 aliphatic rings. The molecule has 0 spiro atoms. The number of oxime groups is 1. The van der Waals surface area contributed by atoms with Gasteiger partial charge in [0.25, 0.3) is 0 Å². The smallest absolute Gasteiger partial charge is 0.351 e. The molecular weight excluding hydrogens is 192 g/mol. The number of carboxylic acid groups (broad SMARTS) is 1. The van der Waals surface area contributed by atoms with Crippen LogP contribution < -0.4 is 17.2 Å². The van der Waals surface area contributed by atoms with Crippen molar-refractivity contribution in [3.05, 3.63) is 0 Å². The fraction of sp³-hybridized carbons (Fsp3) is 0.500. The monoisotopic (exact) mass is 204 g/mol. The average Bonchev–Trinajstić information content (AvgIpc) is 2.09. The van der Waals surface area contributed by atoms with Crippen LogP contribution in [0.25, 0.3) is 0 Å². The maximum absolute atomic E-state index is 10.9. The van der Waals surface area contributed by atoms with Gasteiger partial charge in [-0.15, -0.1) is 0 Å². The van der Waals surface area contributed by atoms with E-state index in [1.54, 1.807) is 0 Å². The van der Waals surface area contributed by atoms with Gasteiger partial charge in [0.05, 0.1) is 0 Å². The molecule has 1 atom stereocenters. The summed E-state index contributed by atoms with van der Waals surface area (Å²) in [5.41, 5.74) is 15.0. The number of nitrogens with zero attached hydrogens (tertiary/aromatic N) is 1. The first-order valence-corrected chi connectivity index (χ1v) is 3.70. The molecule has 0 bridgehead atoms. The summed E-state index contributed by atoms with van der Waals surface area (Å²) in [4.78, 5) is 25.2. The molecule has 0 fully saturated rings. The third kappa shape index (κ3) is 5.77. The van der Waals surface area contributed by atoms with E-state index in [1.165, 1.54) is 0 Å². The quantitative estimate of drug-likeness (QED) is 0.173. The molecule has 80 valence electrons. The molecule has 8 nitrogen and oxygen atoms in total. The molecule has 0 aliphatic carbocycles. The Bertz CT molecular complexity index is 248. The standard InChI is InChI=1S/C6H12N4O4/c7-3(1-2-4(11)12)5(13)14-10-6(8)9/h3H,1-2,7H2,(H,11,12)(H4,8,9,10)/t3-/m1/s1. The number of aliphatic carboxylic acids is 1. The topological polar surface area (TPSA) is 154 Å². The van der Waals surface area contributed by atoms with Gasteiger partial charge in [-0.25, -0.2) is 4.79 Å². The molecule has 0 unspecified atom stereocenters. The van der Waals surface area contributed by atoms with E-state index in [-0.39, 0.29) is 12.8 Å². The van der Waals surface area contributed by atoms with Crippen molar-refractivity contribution in [1.82, 2.24) is 0 Å². The molecule has 0 aromatic heterocycles. The first-order chi connectivity index (χ1) is 6.43. The highest BCUT2D eigenvalue weighted by atomic mass is 16.7. The van der Waals surface area contributed by atoms with E-state index in [0.717, 1.165) is 0 Å². The maximum Gasteiger partial charge on any atom is 0.351 e. The minimum atomic E-state index is -1.05. The fourth-order valence-corrected chi connectivity index (χ4v) is 0.562. The summed E-state index contributed by atoms with van der Waals surface area (Å²) in [5, 5.41) is 11.3. The molecule has 0 amide bonds. The summed E-state index contributed by atoms with van der Waals surface area (Å²) in [6.07, 6.45) is -0.258. The fourth-order valence-electron chi connectivity index (χ4n) is 0.562. The Morgan fingerprint density at radius 2 is 2.00 bits per heavy atom. The second-order valence-electron chi connectivity index (χ2n) is 2.47. The Morgan fingerprint density at radius 1 is 1.43 bits per heavy atom. The van der Waals surface area contributed by atoms with Gasteiger partial charge >= 0.3 is 11.9 Å². The van der Waals surface area contributed by atoms with Crippen molar-refractivity contribution in [2.75, 3.05) is 0 Å². The van der Waals surface area contributed by atoms with Crippen LogP contribution in [0.5, 0.6) is 0 Å². The zero-order valence-electron chi connectivity index (χ0n) is 7.34. The highest BCUT2D eigenvalue weighted by molar-refractivity contribution is 5.79. The maximum atomic E-state index is 10.9. The zero-order valence-corrected chi connectivity index (χ0v) is 7.34. The Labute approximate surface area is 79.7 Å². The van der Waals surface area contributed by atoms with Crippen molar-refractivity contribution < 1.29 is 19.5 Å². The summed E-state index contributed by atoms with van der Waals surface area (Å²) >= 11 is 0. The molecule has 7 N–H and O–H groups in total. The summed E-state index contributed by atoms with van der Waals surface area (Å²) in [7, 11) is 0. The lowest BCUT2D eigenvalue weighted by atomic mass is 10.2. The number of nitrogens with two attached hydrogens (primary N) is 3. The molecule has 0 aromatic carbocycles. The summed E-state index contributed by atoms with van der Waals surface area (Å²) < 4.78 is 0. The Kier molecular flexibility index (Phi) is 5.00. The first-order valence-electron chi connectivity index (χ1n) is 3.70. The van der Waals surface area contributed by atoms with E-state index in [1.807, 2.05) is 0 Å². The summed E-state index contributed by atoms with van der Waals surface area (Å²) in [6.45, 7) is 0. The van der Waals surface area contributed by atoms with Crippen molar-refractivity contribution in [3.8, 4) is 0 Å². The first kappa shape index (κ1) is 12.2. The number of carbonyl (C=O) groups excluding carboxylic acids is 1. The van der Waals surface area contributed by atoms with Crippen LogP contribution in [0.3, 0.4) is 0 Å². The van der Waals surface area contributed by atoms with E-state index in [9.17, 15) is 9.59 Å². The SMILES string of the molecule is NC(N)=NOC(=O)[C@H](N)CCC(=O)O. The Morgan fingerprint density at radius 3 is 2.43 bits per heavy atom. The number of guanidine groups is 1. The second kappa shape index (κ2) is 5.75. The summed E-state index contributed by atoms with van der Waals surface area (Å²) in [6, 6.07) is -1.05. The van der Waals surface area contributed by atoms with E-state index >= 15 is 0 Å². The van der Waals surface area contributed by atoms with Crippen LogP contribution in [0.4, 0.5) is 0 Å². The van der Waals surface area contributed by atoms with E-state index in [0.29, 0.717) is 0 Å². The van der Waals surface area contributed by atoms with Gasteiger partial charge in [-0.05, 0) is 11.6 Å². The van der Waals surface area contributed by atoms with Crippen LogP contribution in [0, 0.1) is 0 Å². The molecule has 0 aliphatic heterocycles. The lowest BCUT2D eigenvalue weighted by Gasteiger charge is -2.05. The van der Waals surface area contributed by atoms with Gasteiger partial charge in [0.2, 0.25) is 5.96 Å². The van der Waals surface area contributed by atoms with Crippen LogP contribution in [-0.4, -0.2) is 29.0 Å². The van der Waals surface area contributed by atoms with Gasteiger partial charge in [-0.2, -0.15) is 0 Å². The van der Waals surface area contributed by atoms with E-state index in [4.69, 9.17) is 22.3 Å². The van der Waals surface area contributed by atoms with Crippen molar-refractivity contribution in [2.24, 2.45) is 22.4 Å². The molecular formula is C6H12N4O4. The Hall–Kier alpha value is -1.83. The minimum Gasteiger partial charge on any atom is -0.481 e. The minimum absolute atomic E-state index is 0.0336. The Balaban J connectivity index is 3.88. The highest BCUT2D eigenvalue weighted by Crippen LogP contribution is 1.97. The molecule has 0 saturated heterocycles. The van der Waals surface area contributed by atoms with Crippen LogP contribution in [0.1, 0.15) is 12.8 Å². The second-order valence-corrected chi connectivity index (χ2v) is 2.47. The van der Waals surface area contributed by atoms with Gasteiger partial charge in [-0.3, -0.25) is 4.79 Å². The van der Waals surface area contributed by atoms with Crippen LogP contribution in [0.2, 0.25) is 0 Å². The molecule has 0 heterocycles. The molecule has 0 rings (SSSR count). The van der Waals surface area contributed by atoms with Crippen molar-refractivity contribution in [2.45, 2.75) is 18.9 Å². The van der Waals surface area contributed by atoms with E-state index in [2.05, 4.69) is 9.99 Å². The number of rotatable bonds is 5. The van der Waals surface area contributed by atoms with E-state index < -0.39 is 23.9 Å². The number of hydrogen-bond acceptors (Lipinski definition) is 5. The predicted octanol–water partition coefficient (Wildman–Crippen LogP) is -2.09. The largest absolute Gasteiger partial charge is 0.481 e. The highest BCUT2D eigenvalue weighted by Gasteiger charge is 2.16. The number of carbonyl (C=O) groups is 2. The molecule has 0 saturated carbocycles. The van der Waals surface area contributed by atoms with Gasteiger partial charge in [0, 0.05) is 6.42 Å². The average molecular weight is 204 g/mol. The lowest BCUT2D eigenvalue weighted by Crippen LogP contribution is -2.33. The number of hydrogen-bond donors (Lipinski definition) is 4. The zero-order chi connectivity index (χ0) is 11.1. The van der Waals surface area contributed by atoms with Crippen molar-refractivity contribution >= 4 is 17.9 Å². The third-order valence-corrected chi connectivity index (χ3v) is 1.21. The van der Waals surface area contributed by atoms with Crippen LogP contribution in [0.15, 0.2) is 5.16 Å². The van der Waals surface area contributed by atoms with Gasteiger partial charge in [0.15, 0.2) is 0 Å². The van der Waals surface area contributed by atoms with Crippen LogP contribution >= 0.6 is 0 Å². The molecule has 8 heteroatoms. The van der Waals surface area contributed by atoms with Gasteiger partial charge < -0.3 is 27.1 Å². The molecule has 14 heavy (non-hydrogen) atoms. The number of carboxylic acids is 1. The van der Waals surface area contributed by atoms with Crippen LogP contribution in [-0.2, 0) is 14.4 Å².